The smallest absolute Gasteiger partial charge is 0.259 e. The Morgan fingerprint density at radius 2 is 1.89 bits per heavy atom. The predicted molar refractivity (Wildman–Crippen MR) is 111 cm³/mol. The van der Waals surface area contributed by atoms with Crippen molar-refractivity contribution in [1.82, 2.24) is 14.3 Å². The minimum Gasteiger partial charge on any atom is -0.493 e. The molecule has 0 atom stereocenters. The van der Waals surface area contributed by atoms with Crippen LogP contribution in [0.4, 0.5) is 0 Å². The third-order valence-corrected chi connectivity index (χ3v) is 6.29. The highest BCUT2D eigenvalue weighted by molar-refractivity contribution is 7.17. The highest BCUT2D eigenvalue weighted by Gasteiger charge is 2.18. The van der Waals surface area contributed by atoms with Crippen molar-refractivity contribution < 1.29 is 9.47 Å². The van der Waals surface area contributed by atoms with Crippen molar-refractivity contribution in [1.29, 1.82) is 0 Å². The molecule has 0 amide bonds. The summed E-state index contributed by atoms with van der Waals surface area (Å²) in [4.78, 5) is 21.8. The van der Waals surface area contributed by atoms with Crippen LogP contribution in [0.2, 0.25) is 0 Å². The molecule has 0 saturated carbocycles. The van der Waals surface area contributed by atoms with E-state index in [4.69, 9.17) is 14.5 Å². The molecule has 1 aromatic carbocycles. The minimum absolute atomic E-state index is 0.0407. The Hall–Kier alpha value is -2.38. The van der Waals surface area contributed by atoms with Gasteiger partial charge in [0.15, 0.2) is 16.5 Å². The van der Waals surface area contributed by atoms with Gasteiger partial charge in [-0.2, -0.15) is 0 Å². The second kappa shape index (κ2) is 7.93. The first-order chi connectivity index (χ1) is 13.6. The van der Waals surface area contributed by atoms with Gasteiger partial charge >= 0.3 is 0 Å². The average Bonchev–Trinajstić information content (AvgIpc) is 3.06. The Labute approximate surface area is 168 Å². The van der Waals surface area contributed by atoms with Crippen LogP contribution in [0.3, 0.4) is 0 Å². The van der Waals surface area contributed by atoms with Crippen LogP contribution in [0.1, 0.15) is 34.7 Å². The van der Waals surface area contributed by atoms with Gasteiger partial charge in [0.05, 0.1) is 19.9 Å². The molecule has 0 fully saturated rings. The van der Waals surface area contributed by atoms with E-state index in [0.29, 0.717) is 6.54 Å². The molecule has 4 rings (SSSR count). The number of nitrogens with zero attached hydrogens (tertiary/aromatic N) is 3. The summed E-state index contributed by atoms with van der Waals surface area (Å²) in [6.45, 7) is 1.34. The second-order valence-electron chi connectivity index (χ2n) is 7.24. The lowest BCUT2D eigenvalue weighted by Gasteiger charge is -2.17. The van der Waals surface area contributed by atoms with E-state index in [-0.39, 0.29) is 5.56 Å². The number of thiazole rings is 1. The molecule has 148 valence electrons. The number of benzene rings is 1. The Balaban J connectivity index is 1.54. The van der Waals surface area contributed by atoms with Crippen molar-refractivity contribution >= 4 is 16.3 Å². The SMILES string of the molecule is COc1ccc(CN(C)Cc2cc(=O)n3c4c(sc3n2)CCCC4)cc1OC. The van der Waals surface area contributed by atoms with Gasteiger partial charge in [-0.25, -0.2) is 4.98 Å². The van der Waals surface area contributed by atoms with Crippen molar-refractivity contribution in [3.63, 3.8) is 0 Å². The molecule has 0 aliphatic heterocycles. The van der Waals surface area contributed by atoms with Crippen LogP contribution in [0.5, 0.6) is 11.5 Å². The molecule has 3 aromatic rings. The first-order valence-electron chi connectivity index (χ1n) is 9.51. The van der Waals surface area contributed by atoms with Gasteiger partial charge in [0.2, 0.25) is 0 Å². The van der Waals surface area contributed by atoms with Gasteiger partial charge in [-0.05, 0) is 50.4 Å². The summed E-state index contributed by atoms with van der Waals surface area (Å²) >= 11 is 1.67. The van der Waals surface area contributed by atoms with Gasteiger partial charge in [0.25, 0.3) is 5.56 Å². The molecule has 28 heavy (non-hydrogen) atoms. The summed E-state index contributed by atoms with van der Waals surface area (Å²) in [7, 11) is 5.30. The van der Waals surface area contributed by atoms with Crippen LogP contribution in [-0.2, 0) is 25.9 Å². The summed E-state index contributed by atoms with van der Waals surface area (Å²) in [6, 6.07) is 7.60. The van der Waals surface area contributed by atoms with E-state index in [9.17, 15) is 4.79 Å². The molecule has 1 aliphatic carbocycles. The Kier molecular flexibility index (Phi) is 5.37. The van der Waals surface area contributed by atoms with E-state index in [0.717, 1.165) is 53.5 Å². The third kappa shape index (κ3) is 3.64. The largest absolute Gasteiger partial charge is 0.493 e. The number of aryl methyl sites for hydroxylation is 2. The molecule has 0 bridgehead atoms. The standard InChI is InChI=1S/C21H25N3O3S/c1-23(12-14-8-9-17(26-2)18(10-14)27-3)13-15-11-20(25)24-16-6-4-5-7-19(16)28-21(24)22-15/h8-11H,4-7,12-13H2,1-3H3. The maximum absolute atomic E-state index is 12.7. The van der Waals surface area contributed by atoms with Crippen LogP contribution >= 0.6 is 11.3 Å². The lowest BCUT2D eigenvalue weighted by atomic mass is 10.0. The van der Waals surface area contributed by atoms with Crippen molar-refractivity contribution in [3.8, 4) is 11.5 Å². The van der Waals surface area contributed by atoms with E-state index in [1.807, 2.05) is 29.6 Å². The lowest BCUT2D eigenvalue weighted by molar-refractivity contribution is 0.313. The Morgan fingerprint density at radius 1 is 1.11 bits per heavy atom. The van der Waals surface area contributed by atoms with Crippen LogP contribution in [0, 0.1) is 0 Å². The van der Waals surface area contributed by atoms with E-state index in [1.165, 1.54) is 17.0 Å². The van der Waals surface area contributed by atoms with Crippen LogP contribution in [0.25, 0.3) is 4.96 Å². The zero-order valence-electron chi connectivity index (χ0n) is 16.5. The summed E-state index contributed by atoms with van der Waals surface area (Å²) in [6.07, 6.45) is 4.41. The number of aromatic nitrogens is 2. The molecule has 7 heteroatoms. The number of ether oxygens (including phenoxy) is 2. The van der Waals surface area contributed by atoms with Crippen LogP contribution in [0.15, 0.2) is 29.1 Å². The van der Waals surface area contributed by atoms with Gasteiger partial charge in [-0.15, -0.1) is 11.3 Å². The van der Waals surface area contributed by atoms with E-state index < -0.39 is 0 Å². The van der Waals surface area contributed by atoms with E-state index >= 15 is 0 Å². The minimum atomic E-state index is 0.0407. The number of methoxy groups -OCH3 is 2. The zero-order chi connectivity index (χ0) is 19.7. The monoisotopic (exact) mass is 399 g/mol. The Bertz CT molecular complexity index is 1060. The fraction of sp³-hybridized carbons (Fsp3) is 0.429. The highest BCUT2D eigenvalue weighted by Crippen LogP contribution is 2.29. The third-order valence-electron chi connectivity index (χ3n) is 5.15. The van der Waals surface area contributed by atoms with Gasteiger partial charge in [0, 0.05) is 29.7 Å². The maximum atomic E-state index is 12.7. The van der Waals surface area contributed by atoms with Gasteiger partial charge in [0.1, 0.15) is 0 Å². The molecular weight excluding hydrogens is 374 g/mol. The molecule has 2 aromatic heterocycles. The van der Waals surface area contributed by atoms with Crippen LogP contribution in [-0.4, -0.2) is 35.6 Å². The van der Waals surface area contributed by atoms with Crippen molar-refractivity contribution in [3.05, 3.63) is 56.4 Å². The molecule has 2 heterocycles. The summed E-state index contributed by atoms with van der Waals surface area (Å²) < 4.78 is 12.5. The molecule has 6 nitrogen and oxygen atoms in total. The first kappa shape index (κ1) is 19.0. The fourth-order valence-electron chi connectivity index (χ4n) is 3.85. The molecular formula is C21H25N3O3S. The molecule has 0 radical (unpaired) electrons. The van der Waals surface area contributed by atoms with E-state index in [1.54, 1.807) is 31.6 Å². The summed E-state index contributed by atoms with van der Waals surface area (Å²) in [5, 5.41) is 0. The number of hydrogen-bond acceptors (Lipinski definition) is 6. The van der Waals surface area contributed by atoms with Crippen LogP contribution < -0.4 is 15.0 Å². The zero-order valence-corrected chi connectivity index (χ0v) is 17.3. The summed E-state index contributed by atoms with van der Waals surface area (Å²) in [5.41, 5.74) is 3.14. The fourth-order valence-corrected chi connectivity index (χ4v) is 5.08. The van der Waals surface area contributed by atoms with Crippen molar-refractivity contribution in [2.45, 2.75) is 38.8 Å². The molecule has 0 saturated heterocycles. The van der Waals surface area contributed by atoms with Crippen molar-refractivity contribution in [2.75, 3.05) is 21.3 Å². The number of hydrogen-bond donors (Lipinski definition) is 0. The molecule has 0 unspecified atom stereocenters. The summed E-state index contributed by atoms with van der Waals surface area (Å²) in [5.74, 6) is 1.44. The van der Waals surface area contributed by atoms with Gasteiger partial charge < -0.3 is 9.47 Å². The number of fused-ring (bicyclic) bond motifs is 3. The highest BCUT2D eigenvalue weighted by atomic mass is 32.1. The first-order valence-corrected chi connectivity index (χ1v) is 10.3. The molecule has 0 N–H and O–H groups in total. The Morgan fingerprint density at radius 3 is 2.68 bits per heavy atom. The molecule has 0 spiro atoms. The normalized spacial score (nSPS) is 13.7. The topological polar surface area (TPSA) is 56.1 Å². The lowest BCUT2D eigenvalue weighted by Crippen LogP contribution is -2.22. The second-order valence-corrected chi connectivity index (χ2v) is 8.31. The quantitative estimate of drug-likeness (QED) is 0.637. The van der Waals surface area contributed by atoms with E-state index in [2.05, 4.69) is 4.90 Å². The van der Waals surface area contributed by atoms with Crippen molar-refractivity contribution in [2.24, 2.45) is 0 Å². The predicted octanol–water partition coefficient (Wildman–Crippen LogP) is 3.28. The average molecular weight is 400 g/mol. The van der Waals surface area contributed by atoms with Gasteiger partial charge in [-0.3, -0.25) is 14.1 Å². The molecule has 1 aliphatic rings. The van der Waals surface area contributed by atoms with Gasteiger partial charge in [-0.1, -0.05) is 6.07 Å². The number of rotatable bonds is 6. The maximum Gasteiger partial charge on any atom is 0.259 e.